The van der Waals surface area contributed by atoms with E-state index < -0.39 is 0 Å². The second kappa shape index (κ2) is 7.97. The number of rotatable bonds is 4. The van der Waals surface area contributed by atoms with E-state index in [9.17, 15) is 0 Å². The number of oxazole rings is 1. The maximum atomic E-state index is 5.89. The summed E-state index contributed by atoms with van der Waals surface area (Å²) in [4.78, 5) is 6.98. The third-order valence-electron chi connectivity index (χ3n) is 3.96. The molecule has 0 saturated carbocycles. The second-order valence-corrected chi connectivity index (χ2v) is 6.07. The maximum absolute atomic E-state index is 5.89. The van der Waals surface area contributed by atoms with Gasteiger partial charge in [-0.3, -0.25) is 4.90 Å². The molecule has 0 spiro atoms. The number of hydrogen-bond donors (Lipinski definition) is 1. The highest BCUT2D eigenvalue weighted by Gasteiger charge is 2.19. The first kappa shape index (κ1) is 17.3. The Kier molecular flexibility index (Phi) is 6.26. The first-order valence-corrected chi connectivity index (χ1v) is 7.75. The van der Waals surface area contributed by atoms with Gasteiger partial charge in [-0.15, -0.1) is 12.4 Å². The standard InChI is InChI=1S/C16H20ClN3O.ClH/c17-14-5-3-13(4-6-14)16-19-15(11-21-16)10-20-7-1-2-12(8-18)9-20;/h3-6,11-12H,1-2,7-10,18H2;1H. The zero-order valence-electron chi connectivity index (χ0n) is 12.4. The van der Waals surface area contributed by atoms with Crippen molar-refractivity contribution in [3.05, 3.63) is 41.2 Å². The summed E-state index contributed by atoms with van der Waals surface area (Å²) < 4.78 is 5.58. The van der Waals surface area contributed by atoms with Gasteiger partial charge in [0.1, 0.15) is 6.26 Å². The highest BCUT2D eigenvalue weighted by molar-refractivity contribution is 6.30. The molecule has 3 rings (SSSR count). The molecule has 6 heteroatoms. The molecule has 1 saturated heterocycles. The van der Waals surface area contributed by atoms with E-state index in [0.29, 0.717) is 16.8 Å². The van der Waals surface area contributed by atoms with Crippen molar-refractivity contribution >= 4 is 24.0 Å². The lowest BCUT2D eigenvalue weighted by atomic mass is 9.98. The summed E-state index contributed by atoms with van der Waals surface area (Å²) in [7, 11) is 0. The van der Waals surface area contributed by atoms with Crippen LogP contribution >= 0.6 is 24.0 Å². The van der Waals surface area contributed by atoms with Crippen molar-refractivity contribution in [3.63, 3.8) is 0 Å². The molecule has 120 valence electrons. The number of piperidine rings is 1. The van der Waals surface area contributed by atoms with Crippen LogP contribution in [-0.2, 0) is 6.54 Å². The van der Waals surface area contributed by atoms with E-state index in [2.05, 4.69) is 9.88 Å². The molecule has 2 N–H and O–H groups in total. The Morgan fingerprint density at radius 2 is 2.09 bits per heavy atom. The van der Waals surface area contributed by atoms with Gasteiger partial charge in [-0.1, -0.05) is 11.6 Å². The smallest absolute Gasteiger partial charge is 0.226 e. The number of nitrogens with two attached hydrogens (primary N) is 1. The van der Waals surface area contributed by atoms with Gasteiger partial charge in [-0.25, -0.2) is 4.98 Å². The molecule has 1 aromatic carbocycles. The Bertz CT molecular complexity index is 585. The van der Waals surface area contributed by atoms with Gasteiger partial charge >= 0.3 is 0 Å². The average Bonchev–Trinajstić information content (AvgIpc) is 2.96. The minimum atomic E-state index is 0. The molecule has 1 aromatic heterocycles. The molecule has 22 heavy (non-hydrogen) atoms. The van der Waals surface area contributed by atoms with Crippen molar-refractivity contribution in [1.82, 2.24) is 9.88 Å². The van der Waals surface area contributed by atoms with Gasteiger partial charge < -0.3 is 10.2 Å². The minimum absolute atomic E-state index is 0. The van der Waals surface area contributed by atoms with Gasteiger partial charge in [0.25, 0.3) is 0 Å². The quantitative estimate of drug-likeness (QED) is 0.923. The Balaban J connectivity index is 0.00000176. The van der Waals surface area contributed by atoms with Crippen molar-refractivity contribution in [1.29, 1.82) is 0 Å². The largest absolute Gasteiger partial charge is 0.444 e. The lowest BCUT2D eigenvalue weighted by molar-refractivity contribution is 0.169. The zero-order chi connectivity index (χ0) is 14.7. The van der Waals surface area contributed by atoms with Crippen LogP contribution < -0.4 is 5.73 Å². The molecule has 0 amide bonds. The first-order chi connectivity index (χ1) is 10.2. The Labute approximate surface area is 142 Å². The predicted octanol–water partition coefficient (Wildman–Crippen LogP) is 3.59. The molecular formula is C16H21Cl2N3O. The predicted molar refractivity (Wildman–Crippen MR) is 91.3 cm³/mol. The number of aromatic nitrogens is 1. The lowest BCUT2D eigenvalue weighted by Gasteiger charge is -2.31. The van der Waals surface area contributed by atoms with E-state index in [1.54, 1.807) is 6.26 Å². The molecule has 0 aliphatic carbocycles. The fourth-order valence-electron chi connectivity index (χ4n) is 2.82. The third-order valence-corrected chi connectivity index (χ3v) is 4.22. The van der Waals surface area contributed by atoms with E-state index >= 15 is 0 Å². The highest BCUT2D eigenvalue weighted by Crippen LogP contribution is 2.22. The highest BCUT2D eigenvalue weighted by atomic mass is 35.5. The third kappa shape index (κ3) is 4.23. The summed E-state index contributed by atoms with van der Waals surface area (Å²) in [5.74, 6) is 1.26. The molecular weight excluding hydrogens is 321 g/mol. The summed E-state index contributed by atoms with van der Waals surface area (Å²) >= 11 is 5.89. The summed E-state index contributed by atoms with van der Waals surface area (Å²) in [6.45, 7) is 3.76. The summed E-state index contributed by atoms with van der Waals surface area (Å²) in [6, 6.07) is 7.53. The number of likely N-dealkylation sites (tertiary alicyclic amines) is 1. The molecule has 2 aromatic rings. The van der Waals surface area contributed by atoms with Crippen molar-refractivity contribution in [2.75, 3.05) is 19.6 Å². The van der Waals surface area contributed by atoms with Crippen molar-refractivity contribution in [3.8, 4) is 11.5 Å². The van der Waals surface area contributed by atoms with Crippen molar-refractivity contribution < 1.29 is 4.42 Å². The normalized spacial score (nSPS) is 18.9. The fourth-order valence-corrected chi connectivity index (χ4v) is 2.95. The molecule has 1 fully saturated rings. The molecule has 1 atom stereocenters. The van der Waals surface area contributed by atoms with Crippen LogP contribution in [0.4, 0.5) is 0 Å². The van der Waals surface area contributed by atoms with Crippen LogP contribution in [0.15, 0.2) is 34.9 Å². The van der Waals surface area contributed by atoms with E-state index in [0.717, 1.165) is 37.4 Å². The van der Waals surface area contributed by atoms with Gasteiger partial charge in [0.15, 0.2) is 0 Å². The molecule has 1 unspecified atom stereocenters. The number of halogens is 2. The average molecular weight is 342 g/mol. The summed E-state index contributed by atoms with van der Waals surface area (Å²) in [6.07, 6.45) is 4.20. The van der Waals surface area contributed by atoms with Gasteiger partial charge in [-0.05, 0) is 56.1 Å². The minimum Gasteiger partial charge on any atom is -0.444 e. The van der Waals surface area contributed by atoms with Gasteiger partial charge in [-0.2, -0.15) is 0 Å². The van der Waals surface area contributed by atoms with Crippen LogP contribution in [0.5, 0.6) is 0 Å². The van der Waals surface area contributed by atoms with Gasteiger partial charge in [0, 0.05) is 23.7 Å². The number of benzene rings is 1. The van der Waals surface area contributed by atoms with E-state index in [4.69, 9.17) is 21.8 Å². The second-order valence-electron chi connectivity index (χ2n) is 5.63. The number of nitrogens with zero attached hydrogens (tertiary/aromatic N) is 2. The van der Waals surface area contributed by atoms with Crippen molar-refractivity contribution in [2.24, 2.45) is 11.7 Å². The molecule has 1 aliphatic heterocycles. The first-order valence-electron chi connectivity index (χ1n) is 7.37. The molecule has 0 bridgehead atoms. The van der Waals surface area contributed by atoms with E-state index in [1.165, 1.54) is 12.8 Å². The molecule has 2 heterocycles. The maximum Gasteiger partial charge on any atom is 0.226 e. The molecule has 4 nitrogen and oxygen atoms in total. The van der Waals surface area contributed by atoms with Gasteiger partial charge in [0.05, 0.1) is 5.69 Å². The van der Waals surface area contributed by atoms with Crippen molar-refractivity contribution in [2.45, 2.75) is 19.4 Å². The van der Waals surface area contributed by atoms with Crippen LogP contribution in [-0.4, -0.2) is 29.5 Å². The Morgan fingerprint density at radius 3 is 2.82 bits per heavy atom. The van der Waals surface area contributed by atoms with Crippen LogP contribution in [0, 0.1) is 5.92 Å². The Hall–Kier alpha value is -1.07. The summed E-state index contributed by atoms with van der Waals surface area (Å²) in [5.41, 5.74) is 7.70. The molecule has 1 aliphatic rings. The summed E-state index contributed by atoms with van der Waals surface area (Å²) in [5, 5.41) is 0.715. The van der Waals surface area contributed by atoms with Crippen LogP contribution in [0.1, 0.15) is 18.5 Å². The fraction of sp³-hybridized carbons (Fsp3) is 0.438. The Morgan fingerprint density at radius 1 is 1.32 bits per heavy atom. The van der Waals surface area contributed by atoms with E-state index in [1.807, 2.05) is 24.3 Å². The van der Waals surface area contributed by atoms with Crippen LogP contribution in [0.3, 0.4) is 0 Å². The van der Waals surface area contributed by atoms with Gasteiger partial charge in [0.2, 0.25) is 5.89 Å². The SMILES string of the molecule is Cl.NCC1CCCN(Cc2coc(-c3ccc(Cl)cc3)n2)C1. The number of hydrogen-bond acceptors (Lipinski definition) is 4. The van der Waals surface area contributed by atoms with Crippen LogP contribution in [0.25, 0.3) is 11.5 Å². The monoisotopic (exact) mass is 341 g/mol. The molecule has 0 radical (unpaired) electrons. The topological polar surface area (TPSA) is 55.3 Å². The van der Waals surface area contributed by atoms with E-state index in [-0.39, 0.29) is 12.4 Å². The lowest BCUT2D eigenvalue weighted by Crippen LogP contribution is -2.37. The van der Waals surface area contributed by atoms with Crippen LogP contribution in [0.2, 0.25) is 5.02 Å². The zero-order valence-corrected chi connectivity index (χ0v) is 13.9.